The third-order valence-electron chi connectivity index (χ3n) is 2.39. The number of benzene rings is 1. The average Bonchev–Trinajstić information content (AvgIpc) is 2.31. The van der Waals surface area contributed by atoms with Gasteiger partial charge in [0.25, 0.3) is 0 Å². The quantitative estimate of drug-likeness (QED) is 0.848. The first kappa shape index (κ1) is 10.9. The Hall–Kier alpha value is -1.61. The highest BCUT2D eigenvalue weighted by molar-refractivity contribution is 5.31. The van der Waals surface area contributed by atoms with Crippen LogP contribution in [0.15, 0.2) is 42.2 Å². The molecule has 0 radical (unpaired) electrons. The van der Waals surface area contributed by atoms with Gasteiger partial charge in [-0.2, -0.15) is 0 Å². The molecule has 1 aliphatic rings. The molecule has 0 unspecified atom stereocenters. The van der Waals surface area contributed by atoms with Gasteiger partial charge in [0, 0.05) is 11.6 Å². The predicted octanol–water partition coefficient (Wildman–Crippen LogP) is 2.93. The van der Waals surface area contributed by atoms with Crippen LogP contribution in [-0.4, -0.2) is 5.11 Å². The first-order valence-electron chi connectivity index (χ1n) is 5.23. The van der Waals surface area contributed by atoms with Crippen LogP contribution in [0.3, 0.4) is 0 Å². The van der Waals surface area contributed by atoms with E-state index in [1.54, 1.807) is 6.07 Å². The summed E-state index contributed by atoms with van der Waals surface area (Å²) in [6.45, 7) is -0.297. The van der Waals surface area contributed by atoms with Crippen LogP contribution in [0.1, 0.15) is 18.4 Å². The van der Waals surface area contributed by atoms with E-state index >= 15 is 0 Å². The first-order valence-corrected chi connectivity index (χ1v) is 5.23. The lowest BCUT2D eigenvalue weighted by atomic mass is 10.2. The summed E-state index contributed by atoms with van der Waals surface area (Å²) in [5.74, 6) is 0.746. The van der Waals surface area contributed by atoms with Gasteiger partial charge >= 0.3 is 0 Å². The third-order valence-corrected chi connectivity index (χ3v) is 2.39. The second kappa shape index (κ2) is 4.94. The Morgan fingerprint density at radius 2 is 2.19 bits per heavy atom. The molecule has 0 fully saturated rings. The maximum absolute atomic E-state index is 13.3. The SMILES string of the molecule is OCc1ccc(OC2=CCCC=C2)cc1F. The van der Waals surface area contributed by atoms with E-state index < -0.39 is 5.82 Å². The summed E-state index contributed by atoms with van der Waals surface area (Å²) >= 11 is 0. The van der Waals surface area contributed by atoms with Crippen molar-refractivity contribution in [1.82, 2.24) is 0 Å². The van der Waals surface area contributed by atoms with Gasteiger partial charge in [0.1, 0.15) is 17.3 Å². The van der Waals surface area contributed by atoms with E-state index in [0.29, 0.717) is 5.75 Å². The summed E-state index contributed by atoms with van der Waals surface area (Å²) in [7, 11) is 0. The standard InChI is InChI=1S/C13H13FO2/c14-13-8-12(7-6-10(13)9-15)16-11-4-2-1-3-5-11/h2,4-8,15H,1,3,9H2. The molecule has 0 heterocycles. The van der Waals surface area contributed by atoms with Gasteiger partial charge in [-0.1, -0.05) is 12.1 Å². The zero-order chi connectivity index (χ0) is 11.4. The van der Waals surface area contributed by atoms with Gasteiger partial charge in [-0.15, -0.1) is 0 Å². The molecule has 0 aliphatic heterocycles. The Balaban J connectivity index is 2.13. The number of aliphatic hydroxyl groups excluding tert-OH is 1. The molecule has 84 valence electrons. The van der Waals surface area contributed by atoms with Crippen LogP contribution in [0, 0.1) is 5.82 Å². The molecule has 2 nitrogen and oxygen atoms in total. The molecule has 2 rings (SSSR count). The van der Waals surface area contributed by atoms with E-state index in [9.17, 15) is 4.39 Å². The molecule has 0 saturated heterocycles. The third kappa shape index (κ3) is 2.49. The zero-order valence-corrected chi connectivity index (χ0v) is 8.82. The van der Waals surface area contributed by atoms with E-state index in [-0.39, 0.29) is 12.2 Å². The maximum Gasteiger partial charge on any atom is 0.132 e. The molecule has 16 heavy (non-hydrogen) atoms. The summed E-state index contributed by atoms with van der Waals surface area (Å²) in [5.41, 5.74) is 0.278. The minimum Gasteiger partial charge on any atom is -0.458 e. The largest absolute Gasteiger partial charge is 0.458 e. The number of aliphatic hydroxyl groups is 1. The van der Waals surface area contributed by atoms with E-state index in [1.807, 2.05) is 18.2 Å². The van der Waals surface area contributed by atoms with Gasteiger partial charge in [-0.05, 0) is 31.1 Å². The van der Waals surface area contributed by atoms with Crippen molar-refractivity contribution in [3.63, 3.8) is 0 Å². The average molecular weight is 220 g/mol. The molecule has 0 bridgehead atoms. The first-order chi connectivity index (χ1) is 7.79. The van der Waals surface area contributed by atoms with Gasteiger partial charge in [0.15, 0.2) is 0 Å². The molecule has 1 aliphatic carbocycles. The van der Waals surface area contributed by atoms with E-state index in [1.165, 1.54) is 12.1 Å². The number of ether oxygens (including phenoxy) is 1. The van der Waals surface area contributed by atoms with Crippen molar-refractivity contribution in [2.75, 3.05) is 0 Å². The van der Waals surface area contributed by atoms with Gasteiger partial charge in [0.2, 0.25) is 0 Å². The van der Waals surface area contributed by atoms with Gasteiger partial charge in [0.05, 0.1) is 6.61 Å². The zero-order valence-electron chi connectivity index (χ0n) is 8.82. The Morgan fingerprint density at radius 3 is 2.81 bits per heavy atom. The van der Waals surface area contributed by atoms with Crippen molar-refractivity contribution in [3.8, 4) is 5.75 Å². The highest BCUT2D eigenvalue weighted by Crippen LogP contribution is 2.20. The minimum absolute atomic E-state index is 0.278. The molecule has 0 atom stereocenters. The molecule has 1 N–H and O–H groups in total. The normalized spacial score (nSPS) is 14.8. The molecule has 0 amide bonds. The van der Waals surface area contributed by atoms with Gasteiger partial charge in [-0.3, -0.25) is 0 Å². The lowest BCUT2D eigenvalue weighted by Gasteiger charge is -2.10. The Labute approximate surface area is 93.7 Å². The smallest absolute Gasteiger partial charge is 0.132 e. The number of hydrogen-bond donors (Lipinski definition) is 1. The lowest BCUT2D eigenvalue weighted by Crippen LogP contribution is -1.97. The molecule has 0 aromatic heterocycles. The second-order valence-electron chi connectivity index (χ2n) is 3.60. The van der Waals surface area contributed by atoms with Gasteiger partial charge < -0.3 is 9.84 Å². The van der Waals surface area contributed by atoms with E-state index in [2.05, 4.69) is 0 Å². The fourth-order valence-electron chi connectivity index (χ4n) is 1.52. The summed E-state index contributed by atoms with van der Waals surface area (Å²) < 4.78 is 18.8. The number of rotatable bonds is 3. The fraction of sp³-hybridized carbons (Fsp3) is 0.231. The van der Waals surface area contributed by atoms with E-state index in [4.69, 9.17) is 9.84 Å². The van der Waals surface area contributed by atoms with Crippen molar-refractivity contribution in [3.05, 3.63) is 53.6 Å². The molecular weight excluding hydrogens is 207 g/mol. The minimum atomic E-state index is -0.444. The topological polar surface area (TPSA) is 29.5 Å². The van der Waals surface area contributed by atoms with Crippen molar-refractivity contribution in [1.29, 1.82) is 0 Å². The molecule has 1 aromatic rings. The Bertz CT molecular complexity index is 436. The molecule has 3 heteroatoms. The highest BCUT2D eigenvalue weighted by atomic mass is 19.1. The van der Waals surface area contributed by atoms with E-state index in [0.717, 1.165) is 18.6 Å². The monoisotopic (exact) mass is 220 g/mol. The fourth-order valence-corrected chi connectivity index (χ4v) is 1.52. The summed E-state index contributed by atoms with van der Waals surface area (Å²) in [6.07, 6.45) is 7.83. The van der Waals surface area contributed by atoms with Gasteiger partial charge in [-0.25, -0.2) is 4.39 Å². The number of hydrogen-bond acceptors (Lipinski definition) is 2. The highest BCUT2D eigenvalue weighted by Gasteiger charge is 2.05. The Kier molecular flexibility index (Phi) is 3.37. The van der Waals surface area contributed by atoms with Crippen LogP contribution >= 0.6 is 0 Å². The van der Waals surface area contributed by atoms with Crippen LogP contribution in [-0.2, 0) is 6.61 Å². The Morgan fingerprint density at radius 1 is 1.31 bits per heavy atom. The van der Waals surface area contributed by atoms with Crippen LogP contribution in [0.25, 0.3) is 0 Å². The summed E-state index contributed by atoms with van der Waals surface area (Å²) in [6, 6.07) is 4.46. The van der Waals surface area contributed by atoms with Crippen molar-refractivity contribution in [2.45, 2.75) is 19.4 Å². The van der Waals surface area contributed by atoms with Crippen LogP contribution < -0.4 is 4.74 Å². The number of allylic oxidation sites excluding steroid dienone is 3. The van der Waals surface area contributed by atoms with Crippen molar-refractivity contribution >= 4 is 0 Å². The summed E-state index contributed by atoms with van der Waals surface area (Å²) in [4.78, 5) is 0. The van der Waals surface area contributed by atoms with Crippen LogP contribution in [0.4, 0.5) is 4.39 Å². The summed E-state index contributed by atoms with van der Waals surface area (Å²) in [5, 5.41) is 8.83. The molecule has 1 aromatic carbocycles. The molecule has 0 saturated carbocycles. The predicted molar refractivity (Wildman–Crippen MR) is 59.4 cm³/mol. The van der Waals surface area contributed by atoms with Crippen LogP contribution in [0.5, 0.6) is 5.75 Å². The molecule has 0 spiro atoms. The maximum atomic E-state index is 13.3. The number of halogens is 1. The lowest BCUT2D eigenvalue weighted by molar-refractivity contribution is 0.275. The van der Waals surface area contributed by atoms with Crippen LogP contribution in [0.2, 0.25) is 0 Å². The second-order valence-corrected chi connectivity index (χ2v) is 3.60. The van der Waals surface area contributed by atoms with Crippen molar-refractivity contribution < 1.29 is 14.2 Å². The van der Waals surface area contributed by atoms with Crippen molar-refractivity contribution in [2.24, 2.45) is 0 Å². The molecular formula is C13H13FO2.